The molecule has 3 aromatic rings. The molecule has 0 aliphatic carbocycles. The van der Waals surface area contributed by atoms with Crippen molar-refractivity contribution in [1.29, 1.82) is 0 Å². The number of hydrogen-bond acceptors (Lipinski definition) is 3. The fourth-order valence-electron chi connectivity index (χ4n) is 2.13. The van der Waals surface area contributed by atoms with Crippen molar-refractivity contribution in [2.75, 3.05) is 5.32 Å². The van der Waals surface area contributed by atoms with Crippen molar-refractivity contribution in [2.45, 2.75) is 19.9 Å². The predicted octanol–water partition coefficient (Wildman–Crippen LogP) is 4.78. The lowest BCUT2D eigenvalue weighted by Gasteiger charge is -2.13. The maximum absolute atomic E-state index is 4.64. The molecule has 1 unspecified atom stereocenters. The summed E-state index contributed by atoms with van der Waals surface area (Å²) in [6, 6.07) is 17.0. The summed E-state index contributed by atoms with van der Waals surface area (Å²) in [7, 11) is 0. The summed E-state index contributed by atoms with van der Waals surface area (Å²) in [6.07, 6.45) is 0. The average molecular weight is 268 g/mol. The minimum Gasteiger partial charge on any atom is -0.363 e. The van der Waals surface area contributed by atoms with E-state index in [9.17, 15) is 0 Å². The second-order valence-corrected chi connectivity index (χ2v) is 6.02. The molecule has 2 heterocycles. The maximum atomic E-state index is 4.64. The first-order valence-electron chi connectivity index (χ1n) is 6.41. The third-order valence-electron chi connectivity index (χ3n) is 3.15. The van der Waals surface area contributed by atoms with Crippen molar-refractivity contribution in [2.24, 2.45) is 0 Å². The van der Waals surface area contributed by atoms with Gasteiger partial charge in [0.05, 0.1) is 11.6 Å². The molecule has 0 aliphatic heterocycles. The van der Waals surface area contributed by atoms with Gasteiger partial charge in [0, 0.05) is 15.1 Å². The van der Waals surface area contributed by atoms with Crippen molar-refractivity contribution in [1.82, 2.24) is 4.98 Å². The van der Waals surface area contributed by atoms with Crippen molar-refractivity contribution in [3.05, 3.63) is 58.3 Å². The van der Waals surface area contributed by atoms with E-state index in [1.54, 1.807) is 0 Å². The van der Waals surface area contributed by atoms with Gasteiger partial charge in [0.1, 0.15) is 5.82 Å². The molecule has 1 aromatic carbocycles. The van der Waals surface area contributed by atoms with Crippen LogP contribution >= 0.6 is 11.3 Å². The number of nitrogens with zero attached hydrogens (tertiary/aromatic N) is 1. The van der Waals surface area contributed by atoms with E-state index in [4.69, 9.17) is 0 Å². The number of aromatic nitrogens is 1. The highest BCUT2D eigenvalue weighted by Gasteiger charge is 2.08. The molecule has 96 valence electrons. The van der Waals surface area contributed by atoms with Gasteiger partial charge >= 0.3 is 0 Å². The van der Waals surface area contributed by atoms with Crippen LogP contribution in [0.2, 0.25) is 0 Å². The molecule has 2 nitrogen and oxygen atoms in total. The van der Waals surface area contributed by atoms with Crippen molar-refractivity contribution in [3.63, 3.8) is 0 Å². The van der Waals surface area contributed by atoms with E-state index < -0.39 is 0 Å². The molecule has 0 aliphatic rings. The zero-order valence-electron chi connectivity index (χ0n) is 11.1. The quantitative estimate of drug-likeness (QED) is 0.739. The highest BCUT2D eigenvalue weighted by Crippen LogP contribution is 2.25. The molecule has 2 aromatic heterocycles. The van der Waals surface area contributed by atoms with E-state index in [0.717, 1.165) is 11.3 Å². The first-order chi connectivity index (χ1) is 9.22. The van der Waals surface area contributed by atoms with Crippen LogP contribution in [0.1, 0.15) is 22.7 Å². The molecule has 0 fully saturated rings. The standard InChI is InChI=1S/C16H16N2S/c1-11-7-9-15(19-11)12(2)17-16-10-8-13-5-3-4-6-14(13)18-16/h3-10,12H,1-2H3,(H,17,18). The lowest BCUT2D eigenvalue weighted by atomic mass is 10.2. The van der Waals surface area contributed by atoms with Crippen LogP contribution < -0.4 is 5.32 Å². The Morgan fingerprint density at radius 3 is 2.68 bits per heavy atom. The molecule has 3 heteroatoms. The largest absolute Gasteiger partial charge is 0.363 e. The Morgan fingerprint density at radius 1 is 1.05 bits per heavy atom. The maximum Gasteiger partial charge on any atom is 0.127 e. The fraction of sp³-hybridized carbons (Fsp3) is 0.188. The molecule has 0 radical (unpaired) electrons. The molecule has 0 amide bonds. The van der Waals surface area contributed by atoms with Gasteiger partial charge in [0.25, 0.3) is 0 Å². The van der Waals surface area contributed by atoms with Crippen molar-refractivity contribution >= 4 is 28.1 Å². The number of nitrogens with one attached hydrogen (secondary N) is 1. The van der Waals surface area contributed by atoms with Crippen molar-refractivity contribution in [3.8, 4) is 0 Å². The van der Waals surface area contributed by atoms with E-state index in [0.29, 0.717) is 0 Å². The molecule has 0 bridgehead atoms. The number of anilines is 1. The first-order valence-corrected chi connectivity index (χ1v) is 7.23. The topological polar surface area (TPSA) is 24.9 Å². The number of aryl methyl sites for hydroxylation is 1. The predicted molar refractivity (Wildman–Crippen MR) is 82.8 cm³/mol. The Hall–Kier alpha value is -1.87. The number of hydrogen-bond donors (Lipinski definition) is 1. The number of fused-ring (bicyclic) bond motifs is 1. The van der Waals surface area contributed by atoms with Crippen LogP contribution in [-0.4, -0.2) is 4.98 Å². The highest BCUT2D eigenvalue weighted by molar-refractivity contribution is 7.12. The number of rotatable bonds is 3. The molecule has 0 saturated carbocycles. The van der Waals surface area contributed by atoms with Gasteiger partial charge in [0.15, 0.2) is 0 Å². The van der Waals surface area contributed by atoms with Gasteiger partial charge in [-0.2, -0.15) is 0 Å². The summed E-state index contributed by atoms with van der Waals surface area (Å²) in [5.41, 5.74) is 1.03. The second kappa shape index (κ2) is 5.02. The average Bonchev–Trinajstić information content (AvgIpc) is 2.85. The number of benzene rings is 1. The smallest absolute Gasteiger partial charge is 0.127 e. The number of thiophene rings is 1. The minimum atomic E-state index is 0.285. The molecular weight excluding hydrogens is 252 g/mol. The fourth-order valence-corrected chi connectivity index (χ4v) is 3.01. The molecule has 1 atom stereocenters. The van der Waals surface area contributed by atoms with Crippen LogP contribution in [0.3, 0.4) is 0 Å². The van der Waals surface area contributed by atoms with Gasteiger partial charge in [-0.1, -0.05) is 18.2 Å². The van der Waals surface area contributed by atoms with Gasteiger partial charge in [-0.25, -0.2) is 4.98 Å². The third-order valence-corrected chi connectivity index (χ3v) is 4.33. The van der Waals surface area contributed by atoms with Gasteiger partial charge in [0.2, 0.25) is 0 Å². The lowest BCUT2D eigenvalue weighted by Crippen LogP contribution is -2.06. The molecule has 0 saturated heterocycles. The Balaban J connectivity index is 1.84. The summed E-state index contributed by atoms with van der Waals surface area (Å²) in [5.74, 6) is 0.928. The Labute approximate surface area is 117 Å². The van der Waals surface area contributed by atoms with E-state index >= 15 is 0 Å². The van der Waals surface area contributed by atoms with Gasteiger partial charge < -0.3 is 5.32 Å². The van der Waals surface area contributed by atoms with Crippen LogP contribution in [0.4, 0.5) is 5.82 Å². The monoisotopic (exact) mass is 268 g/mol. The summed E-state index contributed by atoms with van der Waals surface area (Å²) in [5, 5.41) is 4.64. The van der Waals surface area contributed by atoms with Crippen LogP contribution in [0.25, 0.3) is 10.9 Å². The summed E-state index contributed by atoms with van der Waals surface area (Å²) >= 11 is 1.83. The van der Waals surface area contributed by atoms with Crippen LogP contribution in [0.15, 0.2) is 48.5 Å². The van der Waals surface area contributed by atoms with E-state index in [-0.39, 0.29) is 6.04 Å². The molecule has 1 N–H and O–H groups in total. The first kappa shape index (κ1) is 12.2. The molecular formula is C16H16N2S. The SMILES string of the molecule is Cc1ccc(C(C)Nc2ccc3ccccc3n2)s1. The zero-order valence-corrected chi connectivity index (χ0v) is 11.9. The van der Waals surface area contributed by atoms with Crippen LogP contribution in [0.5, 0.6) is 0 Å². The third kappa shape index (κ3) is 2.61. The summed E-state index contributed by atoms with van der Waals surface area (Å²) in [6.45, 7) is 4.30. The summed E-state index contributed by atoms with van der Waals surface area (Å²) in [4.78, 5) is 7.32. The van der Waals surface area contributed by atoms with Gasteiger partial charge in [-0.05, 0) is 44.2 Å². The lowest BCUT2D eigenvalue weighted by molar-refractivity contribution is 0.899. The van der Waals surface area contributed by atoms with Crippen molar-refractivity contribution < 1.29 is 0 Å². The zero-order chi connectivity index (χ0) is 13.2. The number of para-hydroxylation sites is 1. The second-order valence-electron chi connectivity index (χ2n) is 4.70. The van der Waals surface area contributed by atoms with E-state index in [1.807, 2.05) is 35.6 Å². The Kier molecular flexibility index (Phi) is 3.22. The van der Waals surface area contributed by atoms with Gasteiger partial charge in [-0.3, -0.25) is 0 Å². The summed E-state index contributed by atoms with van der Waals surface area (Å²) < 4.78 is 0. The van der Waals surface area contributed by atoms with E-state index in [1.165, 1.54) is 15.1 Å². The van der Waals surface area contributed by atoms with Crippen LogP contribution in [-0.2, 0) is 0 Å². The van der Waals surface area contributed by atoms with E-state index in [2.05, 4.69) is 48.4 Å². The van der Waals surface area contributed by atoms with Gasteiger partial charge in [-0.15, -0.1) is 11.3 Å². The molecule has 3 rings (SSSR count). The number of pyridine rings is 1. The highest BCUT2D eigenvalue weighted by atomic mass is 32.1. The molecule has 19 heavy (non-hydrogen) atoms. The Morgan fingerprint density at radius 2 is 1.89 bits per heavy atom. The van der Waals surface area contributed by atoms with Crippen LogP contribution in [0, 0.1) is 6.92 Å². The molecule has 0 spiro atoms. The Bertz CT molecular complexity index is 703. The minimum absolute atomic E-state index is 0.285. The normalized spacial score (nSPS) is 12.5.